The lowest BCUT2D eigenvalue weighted by Gasteiger charge is -2.03. The predicted molar refractivity (Wildman–Crippen MR) is 73.3 cm³/mol. The van der Waals surface area contributed by atoms with Crippen LogP contribution in [0.3, 0.4) is 0 Å². The summed E-state index contributed by atoms with van der Waals surface area (Å²) in [5.41, 5.74) is 3.65. The lowest BCUT2D eigenvalue weighted by atomic mass is 10.0. The minimum absolute atomic E-state index is 0.283. The fourth-order valence-electron chi connectivity index (χ4n) is 2.21. The molecule has 1 aliphatic rings. The van der Waals surface area contributed by atoms with Crippen molar-refractivity contribution in [3.05, 3.63) is 65.0 Å². The maximum Gasteiger partial charge on any atom is 0.344 e. The Bertz CT molecular complexity index is 674. The Kier molecular flexibility index (Phi) is 2.88. The average Bonchev–Trinajstić information content (AvgIpc) is 2.77. The number of carbonyl (C=O) groups excluding carboxylic acids is 1. The van der Waals surface area contributed by atoms with Crippen LogP contribution in [0.2, 0.25) is 0 Å². The molecule has 3 heteroatoms. The summed E-state index contributed by atoms with van der Waals surface area (Å²) in [6.45, 7) is 2.08. The minimum atomic E-state index is -0.283. The summed E-state index contributed by atoms with van der Waals surface area (Å²) in [7, 11) is 0. The van der Waals surface area contributed by atoms with E-state index in [9.17, 15) is 4.79 Å². The summed E-state index contributed by atoms with van der Waals surface area (Å²) in [6, 6.07) is 9.36. The van der Waals surface area contributed by atoms with Crippen LogP contribution in [0.25, 0.3) is 11.8 Å². The highest BCUT2D eigenvalue weighted by Gasteiger charge is 2.25. The van der Waals surface area contributed by atoms with E-state index in [2.05, 4.69) is 11.9 Å². The Morgan fingerprint density at radius 2 is 2.00 bits per heavy atom. The molecule has 0 saturated carbocycles. The molecule has 0 radical (unpaired) electrons. The normalized spacial score (nSPS) is 15.4. The van der Waals surface area contributed by atoms with E-state index >= 15 is 0 Å². The van der Waals surface area contributed by atoms with Gasteiger partial charge in [-0.1, -0.05) is 25.1 Å². The van der Waals surface area contributed by atoms with Gasteiger partial charge in [-0.15, -0.1) is 0 Å². The van der Waals surface area contributed by atoms with Crippen LogP contribution in [0.4, 0.5) is 0 Å². The first kappa shape index (κ1) is 11.7. The van der Waals surface area contributed by atoms with E-state index in [1.54, 1.807) is 12.3 Å². The number of esters is 1. The highest BCUT2D eigenvalue weighted by molar-refractivity contribution is 6.05. The molecule has 0 fully saturated rings. The van der Waals surface area contributed by atoms with Crippen molar-refractivity contribution >= 4 is 17.8 Å². The molecule has 2 aromatic rings. The van der Waals surface area contributed by atoms with E-state index in [1.807, 2.05) is 36.5 Å². The average molecular weight is 251 g/mol. The van der Waals surface area contributed by atoms with Crippen LogP contribution in [0, 0.1) is 0 Å². The zero-order valence-corrected chi connectivity index (χ0v) is 10.6. The van der Waals surface area contributed by atoms with Crippen molar-refractivity contribution in [1.29, 1.82) is 0 Å². The number of aryl methyl sites for hydroxylation is 1. The van der Waals surface area contributed by atoms with Gasteiger partial charge in [0.15, 0.2) is 0 Å². The van der Waals surface area contributed by atoms with E-state index in [4.69, 9.17) is 4.74 Å². The molecule has 19 heavy (non-hydrogen) atoms. The number of pyridine rings is 1. The summed E-state index contributed by atoms with van der Waals surface area (Å²) < 4.78 is 5.34. The van der Waals surface area contributed by atoms with Crippen LogP contribution >= 0.6 is 0 Å². The monoisotopic (exact) mass is 251 g/mol. The number of hydrogen-bond acceptors (Lipinski definition) is 3. The van der Waals surface area contributed by atoms with Crippen LogP contribution in [0.1, 0.15) is 34.0 Å². The molecule has 0 aliphatic carbocycles. The van der Waals surface area contributed by atoms with Gasteiger partial charge in [0, 0.05) is 18.0 Å². The second kappa shape index (κ2) is 4.69. The minimum Gasteiger partial charge on any atom is -0.422 e. The third-order valence-electron chi connectivity index (χ3n) is 3.22. The molecular formula is C16H13NO2. The molecule has 0 spiro atoms. The molecule has 3 nitrogen and oxygen atoms in total. The van der Waals surface area contributed by atoms with Gasteiger partial charge in [-0.05, 0) is 35.8 Å². The molecule has 0 unspecified atom stereocenters. The third kappa shape index (κ3) is 2.03. The Hall–Kier alpha value is -2.42. The van der Waals surface area contributed by atoms with Crippen LogP contribution in [0.5, 0.6) is 0 Å². The van der Waals surface area contributed by atoms with E-state index in [1.165, 1.54) is 0 Å². The number of nitrogens with zero attached hydrogens (tertiary/aromatic N) is 1. The fraction of sp³-hybridized carbons (Fsp3) is 0.125. The highest BCUT2D eigenvalue weighted by atomic mass is 16.5. The molecular weight excluding hydrogens is 238 g/mol. The van der Waals surface area contributed by atoms with Crippen molar-refractivity contribution in [2.45, 2.75) is 13.3 Å². The van der Waals surface area contributed by atoms with Gasteiger partial charge in [0.2, 0.25) is 0 Å². The van der Waals surface area contributed by atoms with Gasteiger partial charge in [0.25, 0.3) is 0 Å². The Morgan fingerprint density at radius 3 is 2.79 bits per heavy atom. The van der Waals surface area contributed by atoms with E-state index in [0.29, 0.717) is 11.3 Å². The van der Waals surface area contributed by atoms with Gasteiger partial charge in [0.05, 0.1) is 5.56 Å². The number of aromatic nitrogens is 1. The number of rotatable bonds is 2. The second-order valence-corrected chi connectivity index (χ2v) is 4.37. The maximum absolute atomic E-state index is 11.7. The molecule has 2 heterocycles. The quantitative estimate of drug-likeness (QED) is 0.769. The molecule has 0 bridgehead atoms. The van der Waals surface area contributed by atoms with Gasteiger partial charge in [-0.25, -0.2) is 4.79 Å². The molecule has 3 rings (SSSR count). The largest absolute Gasteiger partial charge is 0.422 e. The first-order valence-corrected chi connectivity index (χ1v) is 6.25. The first-order chi connectivity index (χ1) is 9.29. The lowest BCUT2D eigenvalue weighted by Crippen LogP contribution is -1.92. The number of hydrogen-bond donors (Lipinski definition) is 0. The van der Waals surface area contributed by atoms with Crippen LogP contribution < -0.4 is 0 Å². The number of carbonyl (C=O) groups is 1. The SMILES string of the molecule is CCc1cnccc1/C=C1\OC(=O)c2ccccc21. The van der Waals surface area contributed by atoms with Crippen molar-refractivity contribution in [3.8, 4) is 0 Å². The summed E-state index contributed by atoms with van der Waals surface area (Å²) in [5.74, 6) is 0.329. The second-order valence-electron chi connectivity index (χ2n) is 4.37. The number of ether oxygens (including phenoxy) is 1. The Labute approximate surface area is 111 Å². The summed E-state index contributed by atoms with van der Waals surface area (Å²) in [6.07, 6.45) is 6.39. The van der Waals surface area contributed by atoms with Crippen molar-refractivity contribution < 1.29 is 9.53 Å². The van der Waals surface area contributed by atoms with Crippen LogP contribution in [-0.4, -0.2) is 11.0 Å². The number of cyclic esters (lactones) is 1. The molecule has 0 atom stereocenters. The standard InChI is InChI=1S/C16H13NO2/c1-2-11-10-17-8-7-12(11)9-15-13-5-3-4-6-14(13)16(18)19-15/h3-10H,2H2,1H3/b15-9-. The van der Waals surface area contributed by atoms with Crippen LogP contribution in [0.15, 0.2) is 42.7 Å². The highest BCUT2D eigenvalue weighted by Crippen LogP contribution is 2.31. The predicted octanol–water partition coefficient (Wildman–Crippen LogP) is 3.31. The molecule has 0 N–H and O–H groups in total. The van der Waals surface area contributed by atoms with Crippen molar-refractivity contribution in [2.75, 3.05) is 0 Å². The number of benzene rings is 1. The van der Waals surface area contributed by atoms with Gasteiger partial charge >= 0.3 is 5.97 Å². The smallest absolute Gasteiger partial charge is 0.344 e. The Balaban J connectivity index is 2.09. The molecule has 1 aromatic heterocycles. The molecule has 0 amide bonds. The van der Waals surface area contributed by atoms with Gasteiger partial charge in [-0.2, -0.15) is 0 Å². The number of fused-ring (bicyclic) bond motifs is 1. The topological polar surface area (TPSA) is 39.2 Å². The maximum atomic E-state index is 11.7. The molecule has 1 aliphatic heterocycles. The van der Waals surface area contributed by atoms with Crippen molar-refractivity contribution in [3.63, 3.8) is 0 Å². The third-order valence-corrected chi connectivity index (χ3v) is 3.22. The summed E-state index contributed by atoms with van der Waals surface area (Å²) in [5, 5.41) is 0. The zero-order valence-electron chi connectivity index (χ0n) is 10.6. The van der Waals surface area contributed by atoms with Gasteiger partial charge in [0.1, 0.15) is 5.76 Å². The zero-order chi connectivity index (χ0) is 13.2. The van der Waals surface area contributed by atoms with Crippen LogP contribution in [-0.2, 0) is 11.2 Å². The molecule has 0 saturated heterocycles. The summed E-state index contributed by atoms with van der Waals surface area (Å²) >= 11 is 0. The van der Waals surface area contributed by atoms with Gasteiger partial charge in [-0.3, -0.25) is 4.98 Å². The summed E-state index contributed by atoms with van der Waals surface area (Å²) in [4.78, 5) is 15.9. The van der Waals surface area contributed by atoms with E-state index < -0.39 is 0 Å². The first-order valence-electron chi connectivity index (χ1n) is 6.25. The molecule has 94 valence electrons. The van der Waals surface area contributed by atoms with Gasteiger partial charge < -0.3 is 4.74 Å². The van der Waals surface area contributed by atoms with E-state index in [-0.39, 0.29) is 5.97 Å². The lowest BCUT2D eigenvalue weighted by molar-refractivity contribution is 0.0717. The molecule has 1 aromatic carbocycles. The fourth-order valence-corrected chi connectivity index (χ4v) is 2.21. The Morgan fingerprint density at radius 1 is 1.21 bits per heavy atom. The van der Waals surface area contributed by atoms with E-state index in [0.717, 1.165) is 23.1 Å². The van der Waals surface area contributed by atoms with Crippen molar-refractivity contribution in [1.82, 2.24) is 4.98 Å². The van der Waals surface area contributed by atoms with Crippen molar-refractivity contribution in [2.24, 2.45) is 0 Å².